The molecule has 0 aliphatic carbocycles. The molecule has 128 valence electrons. The topological polar surface area (TPSA) is 47.6 Å². The molecule has 4 heteroatoms. The number of methoxy groups -OCH3 is 2. The van der Waals surface area contributed by atoms with Crippen LogP contribution in [-0.2, 0) is 4.79 Å². The highest BCUT2D eigenvalue weighted by molar-refractivity contribution is 5.77. The second kappa shape index (κ2) is 8.39. The SMILES string of the molecule is COc1ccc(OC)c([C@H](C)NC(=O)C[C@@H](C)c2ccccc2)c1. The summed E-state index contributed by atoms with van der Waals surface area (Å²) >= 11 is 0. The monoisotopic (exact) mass is 327 g/mol. The van der Waals surface area contributed by atoms with Gasteiger partial charge in [-0.25, -0.2) is 0 Å². The van der Waals surface area contributed by atoms with Gasteiger partial charge in [-0.1, -0.05) is 37.3 Å². The summed E-state index contributed by atoms with van der Waals surface area (Å²) in [7, 11) is 3.24. The van der Waals surface area contributed by atoms with Gasteiger partial charge in [0.2, 0.25) is 5.91 Å². The van der Waals surface area contributed by atoms with E-state index in [1.54, 1.807) is 14.2 Å². The van der Waals surface area contributed by atoms with Crippen molar-refractivity contribution in [2.75, 3.05) is 14.2 Å². The number of carbonyl (C=O) groups excluding carboxylic acids is 1. The molecule has 0 saturated heterocycles. The van der Waals surface area contributed by atoms with Crippen molar-refractivity contribution in [1.29, 1.82) is 0 Å². The summed E-state index contributed by atoms with van der Waals surface area (Å²) in [6.07, 6.45) is 0.445. The summed E-state index contributed by atoms with van der Waals surface area (Å²) in [6.45, 7) is 4.01. The Bertz CT molecular complexity index is 670. The molecule has 0 aromatic heterocycles. The van der Waals surface area contributed by atoms with Crippen LogP contribution in [0, 0.1) is 0 Å². The largest absolute Gasteiger partial charge is 0.497 e. The Balaban J connectivity index is 2.03. The lowest BCUT2D eigenvalue weighted by Crippen LogP contribution is -2.27. The molecule has 0 aliphatic rings. The minimum atomic E-state index is -0.162. The fraction of sp³-hybridized carbons (Fsp3) is 0.350. The van der Waals surface area contributed by atoms with Crippen LogP contribution in [0.5, 0.6) is 11.5 Å². The second-order valence-corrected chi connectivity index (χ2v) is 5.91. The molecule has 0 unspecified atom stereocenters. The van der Waals surface area contributed by atoms with E-state index in [0.29, 0.717) is 6.42 Å². The van der Waals surface area contributed by atoms with Gasteiger partial charge < -0.3 is 14.8 Å². The third-order valence-corrected chi connectivity index (χ3v) is 4.14. The molecule has 0 saturated carbocycles. The fourth-order valence-corrected chi connectivity index (χ4v) is 2.73. The molecule has 24 heavy (non-hydrogen) atoms. The molecule has 1 N–H and O–H groups in total. The highest BCUT2D eigenvalue weighted by Gasteiger charge is 2.17. The Morgan fingerprint density at radius 1 is 1.04 bits per heavy atom. The third kappa shape index (κ3) is 4.51. The first-order chi connectivity index (χ1) is 11.5. The zero-order valence-electron chi connectivity index (χ0n) is 14.7. The summed E-state index contributed by atoms with van der Waals surface area (Å²) in [5, 5.41) is 3.05. The zero-order chi connectivity index (χ0) is 17.5. The summed E-state index contributed by atoms with van der Waals surface area (Å²) in [6, 6.07) is 15.5. The van der Waals surface area contributed by atoms with Crippen LogP contribution in [0.1, 0.15) is 43.4 Å². The molecular formula is C20H25NO3. The van der Waals surface area contributed by atoms with Crippen molar-refractivity contribution < 1.29 is 14.3 Å². The Morgan fingerprint density at radius 2 is 1.75 bits per heavy atom. The van der Waals surface area contributed by atoms with Gasteiger partial charge in [0.25, 0.3) is 0 Å². The average molecular weight is 327 g/mol. The maximum atomic E-state index is 12.4. The quantitative estimate of drug-likeness (QED) is 0.834. The zero-order valence-corrected chi connectivity index (χ0v) is 14.7. The van der Waals surface area contributed by atoms with Crippen molar-refractivity contribution in [2.45, 2.75) is 32.2 Å². The smallest absolute Gasteiger partial charge is 0.221 e. The number of carbonyl (C=O) groups is 1. The molecule has 2 atom stereocenters. The molecule has 1 amide bonds. The fourth-order valence-electron chi connectivity index (χ4n) is 2.73. The van der Waals surface area contributed by atoms with Crippen LogP contribution >= 0.6 is 0 Å². The Kier molecular flexibility index (Phi) is 6.24. The van der Waals surface area contributed by atoms with Crippen molar-refractivity contribution in [3.63, 3.8) is 0 Å². The number of rotatable bonds is 7. The van der Waals surface area contributed by atoms with Gasteiger partial charge in [0, 0.05) is 12.0 Å². The van der Waals surface area contributed by atoms with Gasteiger partial charge in [0.15, 0.2) is 0 Å². The van der Waals surface area contributed by atoms with Crippen LogP contribution in [-0.4, -0.2) is 20.1 Å². The average Bonchev–Trinajstić information content (AvgIpc) is 2.61. The van der Waals surface area contributed by atoms with Gasteiger partial charge in [-0.2, -0.15) is 0 Å². The van der Waals surface area contributed by atoms with Crippen LogP contribution in [0.15, 0.2) is 48.5 Å². The van der Waals surface area contributed by atoms with Crippen LogP contribution in [0.2, 0.25) is 0 Å². The van der Waals surface area contributed by atoms with E-state index in [-0.39, 0.29) is 17.9 Å². The number of benzene rings is 2. The van der Waals surface area contributed by atoms with Gasteiger partial charge in [0.05, 0.1) is 20.3 Å². The van der Waals surface area contributed by atoms with Crippen LogP contribution < -0.4 is 14.8 Å². The lowest BCUT2D eigenvalue weighted by Gasteiger charge is -2.19. The number of nitrogens with one attached hydrogen (secondary N) is 1. The van der Waals surface area contributed by atoms with E-state index in [1.807, 2.05) is 55.5 Å². The first-order valence-electron chi connectivity index (χ1n) is 8.11. The number of hydrogen-bond acceptors (Lipinski definition) is 3. The van der Waals surface area contributed by atoms with E-state index in [9.17, 15) is 4.79 Å². The van der Waals surface area contributed by atoms with Gasteiger partial charge in [0.1, 0.15) is 11.5 Å². The van der Waals surface area contributed by atoms with E-state index in [1.165, 1.54) is 5.56 Å². The highest BCUT2D eigenvalue weighted by Crippen LogP contribution is 2.29. The summed E-state index contributed by atoms with van der Waals surface area (Å²) in [5.41, 5.74) is 2.07. The van der Waals surface area contributed by atoms with Crippen molar-refractivity contribution in [3.8, 4) is 11.5 Å². The molecule has 4 nitrogen and oxygen atoms in total. The minimum Gasteiger partial charge on any atom is -0.497 e. The van der Waals surface area contributed by atoms with Gasteiger partial charge in [-0.05, 0) is 36.6 Å². The number of hydrogen-bond donors (Lipinski definition) is 1. The normalized spacial score (nSPS) is 13.0. The van der Waals surface area contributed by atoms with Crippen LogP contribution in [0.3, 0.4) is 0 Å². The van der Waals surface area contributed by atoms with Gasteiger partial charge in [-0.15, -0.1) is 0 Å². The van der Waals surface area contributed by atoms with E-state index in [2.05, 4.69) is 12.2 Å². The van der Waals surface area contributed by atoms with Crippen molar-refractivity contribution in [2.24, 2.45) is 0 Å². The van der Waals surface area contributed by atoms with Crippen molar-refractivity contribution in [1.82, 2.24) is 5.32 Å². The standard InChI is InChI=1S/C20H25NO3/c1-14(16-8-6-5-7-9-16)12-20(22)21-15(2)18-13-17(23-3)10-11-19(18)24-4/h5-11,13-15H,12H2,1-4H3,(H,21,22)/t14-,15+/m1/s1. The molecular weight excluding hydrogens is 302 g/mol. The molecule has 0 radical (unpaired) electrons. The Hall–Kier alpha value is -2.49. The van der Waals surface area contributed by atoms with Crippen molar-refractivity contribution in [3.05, 3.63) is 59.7 Å². The number of amides is 1. The lowest BCUT2D eigenvalue weighted by atomic mass is 9.97. The Labute approximate surface area is 143 Å². The van der Waals surface area contributed by atoms with E-state index < -0.39 is 0 Å². The van der Waals surface area contributed by atoms with E-state index in [0.717, 1.165) is 17.1 Å². The first-order valence-corrected chi connectivity index (χ1v) is 8.11. The maximum absolute atomic E-state index is 12.4. The maximum Gasteiger partial charge on any atom is 0.221 e. The van der Waals surface area contributed by atoms with E-state index in [4.69, 9.17) is 9.47 Å². The predicted octanol–water partition coefficient (Wildman–Crippen LogP) is 4.07. The molecule has 2 rings (SSSR count). The molecule has 0 aliphatic heterocycles. The summed E-state index contributed by atoms with van der Waals surface area (Å²) in [4.78, 5) is 12.4. The second-order valence-electron chi connectivity index (χ2n) is 5.91. The Morgan fingerprint density at radius 3 is 2.38 bits per heavy atom. The minimum absolute atomic E-state index is 0.0173. The van der Waals surface area contributed by atoms with Gasteiger partial charge in [-0.3, -0.25) is 4.79 Å². The first kappa shape index (κ1) is 17.9. The van der Waals surface area contributed by atoms with Crippen molar-refractivity contribution >= 4 is 5.91 Å². The predicted molar refractivity (Wildman–Crippen MR) is 95.6 cm³/mol. The summed E-state index contributed by atoms with van der Waals surface area (Å²) in [5.74, 6) is 1.67. The number of ether oxygens (including phenoxy) is 2. The van der Waals surface area contributed by atoms with Gasteiger partial charge >= 0.3 is 0 Å². The molecule has 0 heterocycles. The highest BCUT2D eigenvalue weighted by atomic mass is 16.5. The summed E-state index contributed by atoms with van der Waals surface area (Å²) < 4.78 is 10.7. The third-order valence-electron chi connectivity index (χ3n) is 4.14. The molecule has 0 fully saturated rings. The molecule has 2 aromatic carbocycles. The van der Waals surface area contributed by atoms with E-state index >= 15 is 0 Å². The lowest BCUT2D eigenvalue weighted by molar-refractivity contribution is -0.122. The van der Waals surface area contributed by atoms with Crippen LogP contribution in [0.4, 0.5) is 0 Å². The van der Waals surface area contributed by atoms with Crippen LogP contribution in [0.25, 0.3) is 0 Å². The molecule has 0 bridgehead atoms. The molecule has 2 aromatic rings. The molecule has 0 spiro atoms.